The van der Waals surface area contributed by atoms with Gasteiger partial charge in [-0.25, -0.2) is 9.37 Å². The predicted molar refractivity (Wildman–Crippen MR) is 147 cm³/mol. The Balaban J connectivity index is 1.70. The van der Waals surface area contributed by atoms with Gasteiger partial charge >= 0.3 is 0 Å². The maximum absolute atomic E-state index is 13.7. The van der Waals surface area contributed by atoms with E-state index in [-0.39, 0.29) is 43.4 Å². The third-order valence-electron chi connectivity index (χ3n) is 5.95. The van der Waals surface area contributed by atoms with E-state index < -0.39 is 49.9 Å². The van der Waals surface area contributed by atoms with Crippen LogP contribution in [0.3, 0.4) is 0 Å². The summed E-state index contributed by atoms with van der Waals surface area (Å²) in [6, 6.07) is 8.58. The number of halogens is 1. The molecule has 216 valence electrons. The number of nitrogens with zero attached hydrogens (tertiary/aromatic N) is 3. The molecule has 4 N–H and O–H groups in total. The highest BCUT2D eigenvalue weighted by atomic mass is 32.1. The van der Waals surface area contributed by atoms with Crippen LogP contribution in [0.25, 0.3) is 0 Å². The number of benzene rings is 2. The maximum Gasteiger partial charge on any atom is 0.277 e. The molecule has 2 amide bonds. The van der Waals surface area contributed by atoms with Crippen molar-refractivity contribution in [2.24, 2.45) is 11.7 Å². The van der Waals surface area contributed by atoms with E-state index in [1.165, 1.54) is 11.4 Å². The molecule has 0 radical (unpaired) electrons. The lowest BCUT2D eigenvalue weighted by Gasteiger charge is -2.28. The minimum atomic E-state index is -2.21. The zero-order valence-corrected chi connectivity index (χ0v) is 22.9. The summed E-state index contributed by atoms with van der Waals surface area (Å²) in [6.07, 6.45) is 0.114. The van der Waals surface area contributed by atoms with Crippen molar-refractivity contribution in [2.75, 3.05) is 6.54 Å². The van der Waals surface area contributed by atoms with E-state index in [4.69, 9.17) is 5.73 Å². The van der Waals surface area contributed by atoms with E-state index in [1.54, 1.807) is 32.0 Å². The molecule has 1 aromatic heterocycles. The summed E-state index contributed by atoms with van der Waals surface area (Å²) in [5, 5.41) is 29.5. The molecule has 3 rings (SSSR count). The SMILES string of the molecule is CC(C)C[C@](N)(C(=O)NCc1nc(C(=O)NCCc2ccccc2F)cs1)C(=O)c1cc([N+](=O)[O-])cc([N+](=O)[O-])c1. The Labute approximate surface area is 237 Å². The van der Waals surface area contributed by atoms with Gasteiger partial charge in [0.1, 0.15) is 16.5 Å². The number of rotatable bonds is 13. The lowest BCUT2D eigenvalue weighted by Crippen LogP contribution is -2.60. The summed E-state index contributed by atoms with van der Waals surface area (Å²) in [7, 11) is 0. The van der Waals surface area contributed by atoms with Gasteiger partial charge in [0, 0.05) is 29.6 Å². The molecule has 0 unspecified atom stereocenters. The number of nitro benzene ring substituents is 2. The number of Topliss-reactive ketones (excluding diaryl/α,β-unsaturated/α-hetero) is 1. The smallest absolute Gasteiger partial charge is 0.277 e. The molecule has 0 aliphatic heterocycles. The number of ketones is 1. The highest BCUT2D eigenvalue weighted by Crippen LogP contribution is 2.27. The van der Waals surface area contributed by atoms with Gasteiger partial charge in [-0.1, -0.05) is 32.0 Å². The van der Waals surface area contributed by atoms with Gasteiger partial charge in [-0.2, -0.15) is 0 Å². The van der Waals surface area contributed by atoms with Crippen LogP contribution < -0.4 is 16.4 Å². The number of carbonyl (C=O) groups excluding carboxylic acids is 3. The van der Waals surface area contributed by atoms with Crippen molar-refractivity contribution in [1.82, 2.24) is 15.6 Å². The van der Waals surface area contributed by atoms with Crippen molar-refractivity contribution in [3.63, 3.8) is 0 Å². The molecule has 0 aliphatic carbocycles. The Morgan fingerprint density at radius 2 is 1.71 bits per heavy atom. The van der Waals surface area contributed by atoms with Crippen LogP contribution in [0.5, 0.6) is 0 Å². The summed E-state index contributed by atoms with van der Waals surface area (Å²) in [5.74, 6) is -3.08. The first kappa shape index (κ1) is 30.9. The van der Waals surface area contributed by atoms with E-state index in [9.17, 15) is 39.0 Å². The first-order valence-corrected chi connectivity index (χ1v) is 13.2. The summed E-state index contributed by atoms with van der Waals surface area (Å²) < 4.78 is 13.7. The highest BCUT2D eigenvalue weighted by molar-refractivity contribution is 7.09. The minimum Gasteiger partial charge on any atom is -0.350 e. The number of hydrogen-bond donors (Lipinski definition) is 3. The Bertz CT molecular complexity index is 1460. The largest absolute Gasteiger partial charge is 0.350 e. The molecule has 0 saturated heterocycles. The first-order chi connectivity index (χ1) is 19.3. The van der Waals surface area contributed by atoms with Gasteiger partial charge in [0.25, 0.3) is 17.3 Å². The van der Waals surface area contributed by atoms with Crippen LogP contribution in [0.2, 0.25) is 0 Å². The number of nitrogens with two attached hydrogens (primary N) is 1. The average Bonchev–Trinajstić information content (AvgIpc) is 3.40. The standard InChI is InChI=1S/C26H27FN6O7S/c1-15(2)12-26(28,23(34)17-9-18(32(37)38)11-19(10-17)33(39)40)25(36)30-13-22-31-21(14-41-22)24(35)29-8-7-16-5-3-4-6-20(16)27/h3-6,9-11,14-15H,7-8,12-13,28H2,1-2H3,(H,29,35)(H,30,36)/t26-/m1/s1. The summed E-state index contributed by atoms with van der Waals surface area (Å²) in [6.45, 7) is 3.39. The molecule has 13 nitrogen and oxygen atoms in total. The van der Waals surface area contributed by atoms with Gasteiger partial charge in [0.15, 0.2) is 11.3 Å². The van der Waals surface area contributed by atoms with Gasteiger partial charge in [0.05, 0.1) is 22.5 Å². The number of nitro groups is 2. The van der Waals surface area contributed by atoms with Crippen LogP contribution in [0.4, 0.5) is 15.8 Å². The molecule has 15 heteroatoms. The number of carbonyl (C=O) groups is 3. The number of non-ortho nitro benzene ring substituents is 2. The fourth-order valence-corrected chi connectivity index (χ4v) is 4.75. The second kappa shape index (κ2) is 13.1. The van der Waals surface area contributed by atoms with Crippen LogP contribution in [0.15, 0.2) is 47.8 Å². The Morgan fingerprint density at radius 1 is 1.07 bits per heavy atom. The molecular formula is C26H27FN6O7S. The number of amides is 2. The monoisotopic (exact) mass is 586 g/mol. The van der Waals surface area contributed by atoms with Gasteiger partial charge in [0.2, 0.25) is 5.91 Å². The fraction of sp³-hybridized carbons (Fsp3) is 0.308. The molecular weight excluding hydrogens is 559 g/mol. The summed E-state index contributed by atoms with van der Waals surface area (Å²) >= 11 is 1.07. The van der Waals surface area contributed by atoms with Crippen molar-refractivity contribution in [3.05, 3.63) is 95.7 Å². The zero-order valence-electron chi connectivity index (χ0n) is 22.1. The van der Waals surface area contributed by atoms with Crippen molar-refractivity contribution < 1.29 is 28.6 Å². The topological polar surface area (TPSA) is 200 Å². The number of nitrogens with one attached hydrogen (secondary N) is 2. The molecule has 0 spiro atoms. The van der Waals surface area contributed by atoms with E-state index in [2.05, 4.69) is 15.6 Å². The van der Waals surface area contributed by atoms with Crippen molar-refractivity contribution in [2.45, 2.75) is 38.8 Å². The van der Waals surface area contributed by atoms with Crippen molar-refractivity contribution in [3.8, 4) is 0 Å². The molecule has 0 aliphatic rings. The fourth-order valence-electron chi connectivity index (χ4n) is 4.04. The quantitative estimate of drug-likeness (QED) is 0.116. The van der Waals surface area contributed by atoms with Crippen LogP contribution in [-0.2, 0) is 17.8 Å². The summed E-state index contributed by atoms with van der Waals surface area (Å²) in [5.41, 5.74) is 2.77. The third kappa shape index (κ3) is 7.73. The van der Waals surface area contributed by atoms with E-state index in [0.29, 0.717) is 16.6 Å². The summed E-state index contributed by atoms with van der Waals surface area (Å²) in [4.78, 5) is 64.0. The Kier molecular flexibility index (Phi) is 9.91. The van der Waals surface area contributed by atoms with Crippen LogP contribution >= 0.6 is 11.3 Å². The van der Waals surface area contributed by atoms with E-state index >= 15 is 0 Å². The number of hydrogen-bond acceptors (Lipinski definition) is 10. The Hall–Kier alpha value is -4.63. The molecule has 0 fully saturated rings. The average molecular weight is 587 g/mol. The van der Waals surface area contributed by atoms with Gasteiger partial charge in [-0.3, -0.25) is 34.6 Å². The van der Waals surface area contributed by atoms with Crippen LogP contribution in [0, 0.1) is 32.0 Å². The van der Waals surface area contributed by atoms with Crippen molar-refractivity contribution >= 4 is 40.3 Å². The highest BCUT2D eigenvalue weighted by Gasteiger charge is 2.43. The molecule has 3 aromatic rings. The Morgan fingerprint density at radius 3 is 2.29 bits per heavy atom. The maximum atomic E-state index is 13.7. The number of thiazole rings is 1. The molecule has 0 bridgehead atoms. The molecule has 2 aromatic carbocycles. The second-order valence-corrected chi connectivity index (χ2v) is 10.5. The molecule has 0 saturated carbocycles. The van der Waals surface area contributed by atoms with Gasteiger partial charge in [-0.05, 0) is 30.4 Å². The van der Waals surface area contributed by atoms with Crippen molar-refractivity contribution in [1.29, 1.82) is 0 Å². The van der Waals surface area contributed by atoms with Crippen LogP contribution in [0.1, 0.15) is 51.7 Å². The number of aromatic nitrogens is 1. The van der Waals surface area contributed by atoms with Gasteiger partial charge in [-0.15, -0.1) is 11.3 Å². The molecule has 41 heavy (non-hydrogen) atoms. The predicted octanol–water partition coefficient (Wildman–Crippen LogP) is 3.31. The molecule has 1 heterocycles. The second-order valence-electron chi connectivity index (χ2n) is 9.56. The third-order valence-corrected chi connectivity index (χ3v) is 6.80. The molecule has 1 atom stereocenters. The van der Waals surface area contributed by atoms with E-state index in [1.807, 2.05) is 0 Å². The lowest BCUT2D eigenvalue weighted by atomic mass is 9.82. The van der Waals surface area contributed by atoms with Gasteiger partial charge < -0.3 is 16.4 Å². The lowest BCUT2D eigenvalue weighted by molar-refractivity contribution is -0.394. The van der Waals surface area contributed by atoms with Crippen LogP contribution in [-0.4, -0.2) is 44.5 Å². The normalized spacial score (nSPS) is 12.4. The minimum absolute atomic E-state index is 0.0777. The zero-order chi connectivity index (χ0) is 30.3. The first-order valence-electron chi connectivity index (χ1n) is 12.3. The van der Waals surface area contributed by atoms with E-state index in [0.717, 1.165) is 23.5 Å².